The van der Waals surface area contributed by atoms with Gasteiger partial charge in [-0.3, -0.25) is 9.69 Å². The quantitative estimate of drug-likeness (QED) is 0.458. The maximum atomic E-state index is 12.9. The number of nitrogens with zero attached hydrogens (tertiary/aromatic N) is 1. The van der Waals surface area contributed by atoms with E-state index in [2.05, 4.69) is 17.0 Å². The third-order valence-corrected chi connectivity index (χ3v) is 8.73. The number of ether oxygens (including phenoxy) is 3. The average molecular weight is 490 g/mol. The van der Waals surface area contributed by atoms with Gasteiger partial charge in [0.1, 0.15) is 11.9 Å². The molecule has 2 aromatic rings. The molecule has 6 rings (SSSR count). The summed E-state index contributed by atoms with van der Waals surface area (Å²) in [5, 5.41) is 10.3. The molecule has 2 aromatic carbocycles. The van der Waals surface area contributed by atoms with Crippen molar-refractivity contribution in [3.63, 3.8) is 0 Å². The largest absolute Gasteiger partial charge is 0.497 e. The Morgan fingerprint density at radius 1 is 1.14 bits per heavy atom. The molecule has 2 aliphatic carbocycles. The van der Waals surface area contributed by atoms with Gasteiger partial charge in [0.05, 0.1) is 25.7 Å². The zero-order valence-corrected chi connectivity index (χ0v) is 21.2. The lowest BCUT2D eigenvalue weighted by Gasteiger charge is -2.36. The van der Waals surface area contributed by atoms with E-state index in [0.29, 0.717) is 12.2 Å². The second-order valence-corrected chi connectivity index (χ2v) is 10.8. The number of hydrogen-bond donors (Lipinski definition) is 1. The van der Waals surface area contributed by atoms with Crippen molar-refractivity contribution in [3.8, 4) is 17.2 Å². The molecule has 0 saturated carbocycles. The first-order valence-corrected chi connectivity index (χ1v) is 13.2. The predicted octanol–water partition coefficient (Wildman–Crippen LogP) is 4.45. The number of carbonyl (C=O) groups excluding carboxylic acids is 1. The molecule has 1 N–H and O–H groups in total. The summed E-state index contributed by atoms with van der Waals surface area (Å²) in [5.74, 6) is 2.84. The number of benzene rings is 2. The molecule has 0 fully saturated rings. The van der Waals surface area contributed by atoms with Crippen molar-refractivity contribution in [3.05, 3.63) is 64.7 Å². The highest BCUT2D eigenvalue weighted by molar-refractivity contribution is 6.02. The van der Waals surface area contributed by atoms with Gasteiger partial charge in [-0.15, -0.1) is 0 Å². The number of hydrogen-bond acceptors (Lipinski definition) is 6. The van der Waals surface area contributed by atoms with Crippen LogP contribution in [0.1, 0.15) is 59.2 Å². The van der Waals surface area contributed by atoms with E-state index in [1.165, 1.54) is 11.1 Å². The Balaban J connectivity index is 1.11. The van der Waals surface area contributed by atoms with Crippen LogP contribution in [0.15, 0.2) is 42.5 Å². The summed E-state index contributed by atoms with van der Waals surface area (Å²) in [6.45, 7) is 2.87. The van der Waals surface area contributed by atoms with Crippen molar-refractivity contribution in [2.75, 3.05) is 27.3 Å². The van der Waals surface area contributed by atoms with E-state index in [1.54, 1.807) is 14.2 Å². The first kappa shape index (κ1) is 23.6. The highest BCUT2D eigenvalue weighted by Gasteiger charge is 2.52. The van der Waals surface area contributed by atoms with Crippen molar-refractivity contribution >= 4 is 5.78 Å². The molecular formula is C30H35NO5. The van der Waals surface area contributed by atoms with Crippen molar-refractivity contribution in [1.29, 1.82) is 0 Å². The summed E-state index contributed by atoms with van der Waals surface area (Å²) in [6.07, 6.45) is 9.07. The van der Waals surface area contributed by atoms with Crippen LogP contribution in [0.3, 0.4) is 0 Å². The van der Waals surface area contributed by atoms with E-state index in [9.17, 15) is 9.90 Å². The number of methoxy groups -OCH3 is 2. The monoisotopic (exact) mass is 489 g/mol. The van der Waals surface area contributed by atoms with Gasteiger partial charge in [0, 0.05) is 30.0 Å². The lowest BCUT2D eigenvalue weighted by Crippen LogP contribution is -2.43. The van der Waals surface area contributed by atoms with Crippen molar-refractivity contribution < 1.29 is 24.1 Å². The smallest absolute Gasteiger partial charge is 0.166 e. The minimum Gasteiger partial charge on any atom is -0.497 e. The van der Waals surface area contributed by atoms with Crippen LogP contribution in [0.25, 0.3) is 0 Å². The zero-order chi connectivity index (χ0) is 24.9. The molecule has 2 heterocycles. The summed E-state index contributed by atoms with van der Waals surface area (Å²) in [7, 11) is 3.36. The van der Waals surface area contributed by atoms with E-state index < -0.39 is 6.10 Å². The summed E-state index contributed by atoms with van der Waals surface area (Å²) in [6, 6.07) is 10.0. The van der Waals surface area contributed by atoms with E-state index in [4.69, 9.17) is 14.2 Å². The second kappa shape index (κ2) is 9.24. The molecule has 6 nitrogen and oxygen atoms in total. The van der Waals surface area contributed by atoms with Gasteiger partial charge in [-0.05, 0) is 74.2 Å². The number of ketones is 1. The number of rotatable bonds is 7. The van der Waals surface area contributed by atoms with Gasteiger partial charge >= 0.3 is 0 Å². The Morgan fingerprint density at radius 2 is 2.03 bits per heavy atom. The number of aliphatic hydroxyl groups is 1. The second-order valence-electron chi connectivity index (χ2n) is 10.8. The van der Waals surface area contributed by atoms with Crippen LogP contribution in [-0.2, 0) is 18.4 Å². The van der Waals surface area contributed by atoms with Crippen LogP contribution in [0.5, 0.6) is 17.2 Å². The van der Waals surface area contributed by atoms with Gasteiger partial charge in [0.2, 0.25) is 0 Å². The summed E-state index contributed by atoms with van der Waals surface area (Å²) in [4.78, 5) is 15.4. The van der Waals surface area contributed by atoms with Crippen LogP contribution in [0, 0.1) is 5.92 Å². The fourth-order valence-electron chi connectivity index (χ4n) is 6.83. The van der Waals surface area contributed by atoms with E-state index in [0.717, 1.165) is 80.1 Å². The van der Waals surface area contributed by atoms with Crippen molar-refractivity contribution in [2.45, 2.75) is 62.7 Å². The maximum Gasteiger partial charge on any atom is 0.166 e. The Bertz CT molecular complexity index is 1210. The van der Waals surface area contributed by atoms with Crippen LogP contribution >= 0.6 is 0 Å². The molecular weight excluding hydrogens is 454 g/mol. The van der Waals surface area contributed by atoms with Crippen LogP contribution in [0.4, 0.5) is 0 Å². The molecule has 1 spiro atoms. The first-order chi connectivity index (χ1) is 17.5. The predicted molar refractivity (Wildman–Crippen MR) is 137 cm³/mol. The normalized spacial score (nSPS) is 28.2. The molecule has 1 unspecified atom stereocenters. The number of carbonyl (C=O) groups is 1. The fraction of sp³-hybridized carbons (Fsp3) is 0.500. The number of aliphatic hydroxyl groups excluding tert-OH is 1. The third-order valence-electron chi connectivity index (χ3n) is 8.73. The molecule has 4 atom stereocenters. The van der Waals surface area contributed by atoms with E-state index >= 15 is 0 Å². The Morgan fingerprint density at radius 3 is 2.86 bits per heavy atom. The minimum absolute atomic E-state index is 0.0591. The van der Waals surface area contributed by atoms with E-state index in [-0.39, 0.29) is 17.4 Å². The summed E-state index contributed by atoms with van der Waals surface area (Å²) in [5.41, 5.74) is 4.35. The highest BCUT2D eigenvalue weighted by atomic mass is 16.5. The number of Topliss-reactive ketones (excluding diaryl/α,β-unsaturated/α-hetero) is 1. The summed E-state index contributed by atoms with van der Waals surface area (Å²) >= 11 is 0. The molecule has 0 bridgehead atoms. The molecule has 2 aliphatic heterocycles. The van der Waals surface area contributed by atoms with Gasteiger partial charge in [0.25, 0.3) is 0 Å². The van der Waals surface area contributed by atoms with Gasteiger partial charge in [-0.25, -0.2) is 0 Å². The maximum absolute atomic E-state index is 12.9. The molecule has 36 heavy (non-hydrogen) atoms. The van der Waals surface area contributed by atoms with Gasteiger partial charge in [-0.1, -0.05) is 24.6 Å². The van der Waals surface area contributed by atoms with Crippen LogP contribution in [-0.4, -0.2) is 55.3 Å². The fourth-order valence-corrected chi connectivity index (χ4v) is 6.83. The van der Waals surface area contributed by atoms with Crippen molar-refractivity contribution in [1.82, 2.24) is 4.90 Å². The first-order valence-electron chi connectivity index (χ1n) is 13.2. The molecule has 4 aliphatic rings. The molecule has 0 amide bonds. The van der Waals surface area contributed by atoms with Crippen LogP contribution < -0.4 is 14.2 Å². The molecule has 6 heteroatoms. The number of unbranched alkanes of at least 4 members (excludes halogenated alkanes) is 1. The topological polar surface area (TPSA) is 68.2 Å². The zero-order valence-electron chi connectivity index (χ0n) is 21.2. The van der Waals surface area contributed by atoms with Crippen LogP contribution in [0.2, 0.25) is 0 Å². The lowest BCUT2D eigenvalue weighted by molar-refractivity contribution is 0.0809. The third kappa shape index (κ3) is 3.82. The average Bonchev–Trinajstić information content (AvgIpc) is 3.33. The van der Waals surface area contributed by atoms with Gasteiger partial charge in [0.15, 0.2) is 17.3 Å². The minimum atomic E-state index is -0.464. The standard InChI is InChI=1S/C30H35NO5/c1-34-23-7-8-24-21(16-23)15-19(28(24)33)5-3-4-13-31-14-12-30-11-10-22(32)17-26(30)36-29-25(35-2)9-6-20(18-31)27(29)30/h6-11,16,19,22,26,32H,3-5,12-15,17-18H2,1-2H3/t19?,22-,26+,30-/m0/s1. The molecule has 0 aromatic heterocycles. The Labute approximate surface area is 212 Å². The van der Waals surface area contributed by atoms with Crippen molar-refractivity contribution in [2.24, 2.45) is 5.92 Å². The Kier molecular flexibility index (Phi) is 6.05. The van der Waals surface area contributed by atoms with Gasteiger partial charge < -0.3 is 19.3 Å². The molecule has 0 saturated heterocycles. The Hall–Kier alpha value is -2.83. The molecule has 190 valence electrons. The van der Waals surface area contributed by atoms with E-state index in [1.807, 2.05) is 30.3 Å². The number of fused-ring (bicyclic) bond motifs is 1. The highest BCUT2D eigenvalue weighted by Crippen LogP contribution is 2.55. The lowest BCUT2D eigenvalue weighted by atomic mass is 9.69. The summed E-state index contributed by atoms with van der Waals surface area (Å²) < 4.78 is 17.4. The molecule has 0 radical (unpaired) electrons. The van der Waals surface area contributed by atoms with Gasteiger partial charge in [-0.2, -0.15) is 0 Å². The SMILES string of the molecule is COc1ccc2c(c1)CC(CCCCN1CC[C@@]34C=C[C@H](O)C[C@H]3Oc3c(OC)ccc(c34)C1)C2=O.